The van der Waals surface area contributed by atoms with Gasteiger partial charge in [-0.15, -0.1) is 0 Å². The highest BCUT2D eigenvalue weighted by Crippen LogP contribution is 2.28. The molecule has 112 valence electrons. The van der Waals surface area contributed by atoms with Gasteiger partial charge in [-0.3, -0.25) is 0 Å². The number of nitrogens with zero attached hydrogens (tertiary/aromatic N) is 1. The fourth-order valence-electron chi connectivity index (χ4n) is 3.45. The lowest BCUT2D eigenvalue weighted by molar-refractivity contribution is 0.0620. The first-order valence-corrected chi connectivity index (χ1v) is 9.22. The van der Waals surface area contributed by atoms with Gasteiger partial charge >= 0.3 is 0 Å². The molecule has 0 radical (unpaired) electrons. The predicted octanol–water partition coefficient (Wildman–Crippen LogP) is 1.99. The first kappa shape index (κ1) is 15.3. The highest BCUT2D eigenvalue weighted by Gasteiger charge is 2.30. The first-order valence-electron chi connectivity index (χ1n) is 7.61. The van der Waals surface area contributed by atoms with E-state index in [0.717, 1.165) is 38.5 Å². The summed E-state index contributed by atoms with van der Waals surface area (Å²) in [5, 5.41) is 9.95. The average Bonchev–Trinajstić information content (AvgIpc) is 2.84. The van der Waals surface area contributed by atoms with E-state index < -0.39 is 10.0 Å². The van der Waals surface area contributed by atoms with Gasteiger partial charge in [-0.25, -0.2) is 12.7 Å². The van der Waals surface area contributed by atoms with E-state index in [4.69, 9.17) is 0 Å². The van der Waals surface area contributed by atoms with Crippen LogP contribution in [0, 0.1) is 11.8 Å². The fraction of sp³-hybridized carbons (Fsp3) is 1.00. The van der Waals surface area contributed by atoms with Crippen LogP contribution in [-0.2, 0) is 10.0 Å². The number of sulfonamides is 1. The molecule has 0 amide bonds. The molecule has 2 atom stereocenters. The molecule has 0 saturated heterocycles. The Morgan fingerprint density at radius 3 is 2.26 bits per heavy atom. The van der Waals surface area contributed by atoms with Gasteiger partial charge in [0.1, 0.15) is 0 Å². The van der Waals surface area contributed by atoms with Crippen LogP contribution in [0.25, 0.3) is 0 Å². The largest absolute Gasteiger partial charge is 0.393 e. The van der Waals surface area contributed by atoms with Gasteiger partial charge in [-0.2, -0.15) is 0 Å². The van der Waals surface area contributed by atoms with Gasteiger partial charge in [0.15, 0.2) is 0 Å². The lowest BCUT2D eigenvalue weighted by Crippen LogP contribution is -2.39. The van der Waals surface area contributed by atoms with Crippen LogP contribution < -0.4 is 0 Å². The van der Waals surface area contributed by atoms with Crippen molar-refractivity contribution in [2.75, 3.05) is 19.3 Å². The minimum atomic E-state index is -3.14. The summed E-state index contributed by atoms with van der Waals surface area (Å²) in [6.07, 6.45) is 8.08. The maximum Gasteiger partial charge on any atom is 0.214 e. The Labute approximate surface area is 117 Å². The second-order valence-corrected chi connectivity index (χ2v) is 8.44. The van der Waals surface area contributed by atoms with E-state index in [1.165, 1.54) is 17.1 Å². The smallest absolute Gasteiger partial charge is 0.214 e. The molecule has 19 heavy (non-hydrogen) atoms. The van der Waals surface area contributed by atoms with Crippen molar-refractivity contribution in [2.45, 2.75) is 57.5 Å². The summed E-state index contributed by atoms with van der Waals surface area (Å²) in [4.78, 5) is 0. The Morgan fingerprint density at radius 1 is 1.05 bits per heavy atom. The number of hydrogen-bond acceptors (Lipinski definition) is 3. The van der Waals surface area contributed by atoms with Gasteiger partial charge < -0.3 is 5.11 Å². The van der Waals surface area contributed by atoms with Crippen LogP contribution in [0.5, 0.6) is 0 Å². The van der Waals surface area contributed by atoms with E-state index in [1.54, 1.807) is 7.05 Å². The summed E-state index contributed by atoms with van der Waals surface area (Å²) in [5.41, 5.74) is 0. The van der Waals surface area contributed by atoms with Gasteiger partial charge in [0.2, 0.25) is 10.0 Å². The first-order chi connectivity index (χ1) is 8.99. The van der Waals surface area contributed by atoms with E-state index in [9.17, 15) is 13.5 Å². The molecule has 2 aliphatic rings. The zero-order valence-electron chi connectivity index (χ0n) is 11.9. The summed E-state index contributed by atoms with van der Waals surface area (Å²) >= 11 is 0. The van der Waals surface area contributed by atoms with E-state index >= 15 is 0 Å². The third-order valence-electron chi connectivity index (χ3n) is 4.76. The third kappa shape index (κ3) is 4.17. The molecule has 2 aliphatic carbocycles. The lowest BCUT2D eigenvalue weighted by atomic mass is 9.86. The quantitative estimate of drug-likeness (QED) is 0.842. The van der Waals surface area contributed by atoms with Crippen LogP contribution in [0.2, 0.25) is 0 Å². The fourth-order valence-corrected chi connectivity index (χ4v) is 5.05. The number of aliphatic hydroxyl groups is 1. The zero-order valence-corrected chi connectivity index (χ0v) is 12.7. The van der Waals surface area contributed by atoms with Crippen molar-refractivity contribution >= 4 is 10.0 Å². The Bertz CT molecular complexity index is 376. The molecule has 0 spiro atoms. The normalized spacial score (nSPS) is 30.1. The summed E-state index contributed by atoms with van der Waals surface area (Å²) in [5.74, 6) is 0.771. The van der Waals surface area contributed by atoms with Gasteiger partial charge in [0.25, 0.3) is 0 Å². The Balaban J connectivity index is 1.88. The van der Waals surface area contributed by atoms with Crippen molar-refractivity contribution in [3.63, 3.8) is 0 Å². The summed E-state index contributed by atoms with van der Waals surface area (Å²) < 4.78 is 26.1. The van der Waals surface area contributed by atoms with Gasteiger partial charge in [0, 0.05) is 13.6 Å². The van der Waals surface area contributed by atoms with E-state index in [0.29, 0.717) is 18.2 Å². The monoisotopic (exact) mass is 289 g/mol. The van der Waals surface area contributed by atoms with Crippen LogP contribution >= 0.6 is 0 Å². The molecule has 5 heteroatoms. The van der Waals surface area contributed by atoms with Gasteiger partial charge in [0.05, 0.1) is 11.9 Å². The maximum atomic E-state index is 12.3. The van der Waals surface area contributed by atoms with Gasteiger partial charge in [-0.05, 0) is 37.5 Å². The Morgan fingerprint density at radius 2 is 1.63 bits per heavy atom. The van der Waals surface area contributed by atoms with Crippen LogP contribution in [0.4, 0.5) is 0 Å². The zero-order chi connectivity index (χ0) is 13.9. The highest BCUT2D eigenvalue weighted by atomic mass is 32.2. The number of aliphatic hydroxyl groups excluding tert-OH is 1. The van der Waals surface area contributed by atoms with Crippen molar-refractivity contribution in [3.05, 3.63) is 0 Å². The molecule has 2 rings (SSSR count). The molecule has 2 unspecified atom stereocenters. The third-order valence-corrected chi connectivity index (χ3v) is 6.75. The van der Waals surface area contributed by atoms with Crippen LogP contribution in [0.3, 0.4) is 0 Å². The average molecular weight is 289 g/mol. The van der Waals surface area contributed by atoms with E-state index in [2.05, 4.69) is 0 Å². The van der Waals surface area contributed by atoms with Crippen molar-refractivity contribution < 1.29 is 13.5 Å². The standard InChI is InChI=1S/C14H27NO3S/c1-15(10-13-8-4-5-9-14(13)16)19(17,18)11-12-6-2-3-7-12/h12-14,16H,2-11H2,1H3. The molecule has 0 aromatic heterocycles. The molecule has 0 heterocycles. The second kappa shape index (κ2) is 6.55. The van der Waals surface area contributed by atoms with Crippen LogP contribution in [0.15, 0.2) is 0 Å². The number of hydrogen-bond donors (Lipinski definition) is 1. The van der Waals surface area contributed by atoms with Crippen LogP contribution in [-0.4, -0.2) is 43.3 Å². The van der Waals surface area contributed by atoms with Crippen molar-refractivity contribution in [1.29, 1.82) is 0 Å². The predicted molar refractivity (Wildman–Crippen MR) is 76.3 cm³/mol. The summed E-state index contributed by atoms with van der Waals surface area (Å²) in [7, 11) is -1.47. The molecule has 0 aliphatic heterocycles. The summed E-state index contributed by atoms with van der Waals surface area (Å²) in [6.45, 7) is 0.482. The molecule has 0 aromatic rings. The molecule has 4 nitrogen and oxygen atoms in total. The lowest BCUT2D eigenvalue weighted by Gasteiger charge is -2.31. The minimum absolute atomic E-state index is 0.122. The SMILES string of the molecule is CN(CC1CCCCC1O)S(=O)(=O)CC1CCCC1. The van der Waals surface area contributed by atoms with Gasteiger partial charge in [-0.1, -0.05) is 25.7 Å². The van der Waals surface area contributed by atoms with Crippen molar-refractivity contribution in [3.8, 4) is 0 Å². The van der Waals surface area contributed by atoms with Crippen molar-refractivity contribution in [1.82, 2.24) is 4.31 Å². The molecule has 0 aromatic carbocycles. The molecule has 2 fully saturated rings. The topological polar surface area (TPSA) is 57.6 Å². The highest BCUT2D eigenvalue weighted by molar-refractivity contribution is 7.89. The van der Waals surface area contributed by atoms with Crippen LogP contribution in [0.1, 0.15) is 51.4 Å². The molecular formula is C14H27NO3S. The molecular weight excluding hydrogens is 262 g/mol. The Hall–Kier alpha value is -0.130. The minimum Gasteiger partial charge on any atom is -0.393 e. The van der Waals surface area contributed by atoms with E-state index in [-0.39, 0.29) is 12.0 Å². The van der Waals surface area contributed by atoms with Crippen molar-refractivity contribution in [2.24, 2.45) is 11.8 Å². The Kier molecular flexibility index (Phi) is 5.26. The molecule has 2 saturated carbocycles. The molecule has 0 bridgehead atoms. The molecule has 1 N–H and O–H groups in total. The number of rotatable bonds is 5. The summed E-state index contributed by atoms with van der Waals surface area (Å²) in [6, 6.07) is 0. The second-order valence-electron chi connectivity index (χ2n) is 6.32. The maximum absolute atomic E-state index is 12.3. The van der Waals surface area contributed by atoms with E-state index in [1.807, 2.05) is 0 Å².